The number of rotatable bonds is 6. The second kappa shape index (κ2) is 12.4. The van der Waals surface area contributed by atoms with Crippen LogP contribution in [0.2, 0.25) is 0 Å². The zero-order valence-electron chi connectivity index (χ0n) is 18.1. The first-order valence-electron chi connectivity index (χ1n) is 10.5. The van der Waals surface area contributed by atoms with E-state index in [9.17, 15) is 18.0 Å². The van der Waals surface area contributed by atoms with Crippen LogP contribution in [0, 0.1) is 0 Å². The molecule has 3 heterocycles. The Morgan fingerprint density at radius 2 is 1.84 bits per heavy atom. The molecule has 3 rings (SSSR count). The van der Waals surface area contributed by atoms with Crippen LogP contribution < -0.4 is 10.1 Å². The minimum atomic E-state index is -4.51. The van der Waals surface area contributed by atoms with Gasteiger partial charge in [-0.1, -0.05) is 0 Å². The molecular formula is C20H30F3IN6O2. The second-order valence-electron chi connectivity index (χ2n) is 7.53. The van der Waals surface area contributed by atoms with E-state index in [0.29, 0.717) is 25.6 Å². The van der Waals surface area contributed by atoms with Gasteiger partial charge < -0.3 is 19.9 Å². The highest BCUT2D eigenvalue weighted by Crippen LogP contribution is 2.34. The van der Waals surface area contributed by atoms with Gasteiger partial charge in [-0.3, -0.25) is 14.7 Å². The first-order valence-corrected chi connectivity index (χ1v) is 10.5. The van der Waals surface area contributed by atoms with Crippen molar-refractivity contribution in [3.63, 3.8) is 0 Å². The fourth-order valence-electron chi connectivity index (χ4n) is 3.74. The van der Waals surface area contributed by atoms with Gasteiger partial charge in [0.1, 0.15) is 12.2 Å². The molecule has 1 amide bonds. The average molecular weight is 570 g/mol. The molecule has 0 radical (unpaired) electrons. The van der Waals surface area contributed by atoms with Gasteiger partial charge in [-0.2, -0.15) is 13.2 Å². The number of carbonyl (C=O) groups is 1. The third kappa shape index (κ3) is 7.36. The largest absolute Gasteiger partial charge is 0.475 e. The number of pyridine rings is 1. The molecule has 8 nitrogen and oxygen atoms in total. The van der Waals surface area contributed by atoms with Crippen molar-refractivity contribution in [1.29, 1.82) is 0 Å². The number of ether oxygens (including phenoxy) is 1. The maximum atomic E-state index is 13.0. The minimum absolute atomic E-state index is 0. The van der Waals surface area contributed by atoms with Crippen molar-refractivity contribution < 1.29 is 22.7 Å². The van der Waals surface area contributed by atoms with Gasteiger partial charge in [0.15, 0.2) is 5.96 Å². The molecule has 2 aliphatic rings. The van der Waals surface area contributed by atoms with E-state index in [4.69, 9.17) is 4.74 Å². The van der Waals surface area contributed by atoms with Gasteiger partial charge in [-0.15, -0.1) is 24.0 Å². The van der Waals surface area contributed by atoms with E-state index in [2.05, 4.69) is 25.1 Å². The molecule has 0 unspecified atom stereocenters. The summed E-state index contributed by atoms with van der Waals surface area (Å²) in [7, 11) is 1.66. The Bertz CT molecular complexity index is 766. The molecule has 32 heavy (non-hydrogen) atoms. The number of nitrogens with one attached hydrogen (secondary N) is 1. The summed E-state index contributed by atoms with van der Waals surface area (Å²) < 4.78 is 44.2. The van der Waals surface area contributed by atoms with Gasteiger partial charge in [-0.25, -0.2) is 4.98 Å². The van der Waals surface area contributed by atoms with Crippen molar-refractivity contribution >= 4 is 35.8 Å². The SMILES string of the molecule is CN=C(NCCOc1ncccc1C(F)(F)F)N1CCN(CC(=O)N2CCCC2)CC1.I. The van der Waals surface area contributed by atoms with Crippen LogP contribution in [0.15, 0.2) is 23.3 Å². The Morgan fingerprint density at radius 1 is 1.16 bits per heavy atom. The first kappa shape index (κ1) is 26.4. The predicted molar refractivity (Wildman–Crippen MR) is 125 cm³/mol. The molecule has 0 atom stereocenters. The van der Waals surface area contributed by atoms with E-state index in [-0.39, 0.29) is 43.0 Å². The van der Waals surface area contributed by atoms with Gasteiger partial charge >= 0.3 is 6.18 Å². The number of aromatic nitrogens is 1. The summed E-state index contributed by atoms with van der Waals surface area (Å²) in [5.74, 6) is 0.424. The first-order chi connectivity index (χ1) is 14.9. The van der Waals surface area contributed by atoms with Gasteiger partial charge in [0.25, 0.3) is 0 Å². The van der Waals surface area contributed by atoms with Crippen molar-refractivity contribution in [1.82, 2.24) is 25.0 Å². The lowest BCUT2D eigenvalue weighted by Gasteiger charge is -2.36. The number of amides is 1. The van der Waals surface area contributed by atoms with Crippen molar-refractivity contribution in [2.24, 2.45) is 4.99 Å². The maximum Gasteiger partial charge on any atom is 0.421 e. The molecule has 12 heteroatoms. The molecule has 0 aromatic carbocycles. The number of likely N-dealkylation sites (tertiary alicyclic amines) is 1. The lowest BCUT2D eigenvalue weighted by Crippen LogP contribution is -2.54. The zero-order chi connectivity index (χ0) is 22.3. The summed E-state index contributed by atoms with van der Waals surface area (Å²) in [6.45, 7) is 5.40. The van der Waals surface area contributed by atoms with E-state index >= 15 is 0 Å². The molecule has 2 saturated heterocycles. The highest BCUT2D eigenvalue weighted by Gasteiger charge is 2.35. The summed E-state index contributed by atoms with van der Waals surface area (Å²) in [6.07, 6.45) is -1.07. The molecule has 2 aliphatic heterocycles. The number of halogens is 4. The highest BCUT2D eigenvalue weighted by molar-refractivity contribution is 14.0. The predicted octanol–water partition coefficient (Wildman–Crippen LogP) is 1.91. The number of carbonyl (C=O) groups excluding carboxylic acids is 1. The maximum absolute atomic E-state index is 13.0. The van der Waals surface area contributed by atoms with Crippen molar-refractivity contribution in [2.75, 3.05) is 66.0 Å². The third-order valence-corrected chi connectivity index (χ3v) is 5.40. The van der Waals surface area contributed by atoms with E-state index in [0.717, 1.165) is 45.1 Å². The highest BCUT2D eigenvalue weighted by atomic mass is 127. The van der Waals surface area contributed by atoms with Crippen LogP contribution in [0.25, 0.3) is 0 Å². The molecule has 0 aliphatic carbocycles. The molecule has 0 bridgehead atoms. The second-order valence-corrected chi connectivity index (χ2v) is 7.53. The van der Waals surface area contributed by atoms with E-state index in [1.165, 1.54) is 12.3 Å². The molecule has 2 fully saturated rings. The van der Waals surface area contributed by atoms with Gasteiger partial charge in [0, 0.05) is 52.5 Å². The van der Waals surface area contributed by atoms with Crippen LogP contribution in [-0.2, 0) is 11.0 Å². The lowest BCUT2D eigenvalue weighted by atomic mass is 10.2. The van der Waals surface area contributed by atoms with Crippen LogP contribution in [0.3, 0.4) is 0 Å². The molecule has 1 aromatic heterocycles. The standard InChI is InChI=1S/C20H29F3N6O2.HI/c1-24-19(26-7-14-31-18-16(20(21,22)23)5-4-6-25-18)29-12-10-27(11-13-29)15-17(30)28-8-2-3-9-28;/h4-6H,2-3,7-15H2,1H3,(H,24,26);1H. The Labute approximate surface area is 203 Å². The molecule has 1 N–H and O–H groups in total. The van der Waals surface area contributed by atoms with E-state index in [1.54, 1.807) is 7.05 Å². The van der Waals surface area contributed by atoms with Crippen LogP contribution in [0.1, 0.15) is 18.4 Å². The molecule has 180 valence electrons. The van der Waals surface area contributed by atoms with Crippen LogP contribution >= 0.6 is 24.0 Å². The van der Waals surface area contributed by atoms with Crippen molar-refractivity contribution in [3.05, 3.63) is 23.9 Å². The van der Waals surface area contributed by atoms with Gasteiger partial charge in [-0.05, 0) is 25.0 Å². The number of hydrogen-bond donors (Lipinski definition) is 1. The fraction of sp³-hybridized carbons (Fsp3) is 0.650. The Hall–Kier alpha value is -1.83. The summed E-state index contributed by atoms with van der Waals surface area (Å²) in [6, 6.07) is 2.18. The zero-order valence-corrected chi connectivity index (χ0v) is 20.4. The average Bonchev–Trinajstić information content (AvgIpc) is 3.29. The molecule has 0 spiro atoms. The van der Waals surface area contributed by atoms with E-state index in [1.807, 2.05) is 4.90 Å². The van der Waals surface area contributed by atoms with Crippen LogP contribution in [0.4, 0.5) is 13.2 Å². The summed E-state index contributed by atoms with van der Waals surface area (Å²) in [5.41, 5.74) is -0.890. The summed E-state index contributed by atoms with van der Waals surface area (Å²) in [5, 5.41) is 3.12. The molecule has 1 aromatic rings. The minimum Gasteiger partial charge on any atom is -0.475 e. The lowest BCUT2D eigenvalue weighted by molar-refractivity contribution is -0.139. The molecule has 0 saturated carbocycles. The fourth-order valence-corrected chi connectivity index (χ4v) is 3.74. The normalized spacial score (nSPS) is 17.8. The smallest absolute Gasteiger partial charge is 0.421 e. The number of nitrogens with zero attached hydrogens (tertiary/aromatic N) is 5. The van der Waals surface area contributed by atoms with Crippen LogP contribution in [-0.4, -0.2) is 97.6 Å². The summed E-state index contributed by atoms with van der Waals surface area (Å²) in [4.78, 5) is 26.4. The number of alkyl halides is 3. The monoisotopic (exact) mass is 570 g/mol. The van der Waals surface area contributed by atoms with Gasteiger partial charge in [0.05, 0.1) is 13.1 Å². The number of hydrogen-bond acceptors (Lipinski definition) is 5. The number of guanidine groups is 1. The summed E-state index contributed by atoms with van der Waals surface area (Å²) >= 11 is 0. The van der Waals surface area contributed by atoms with E-state index < -0.39 is 17.6 Å². The number of piperazine rings is 1. The Morgan fingerprint density at radius 3 is 2.47 bits per heavy atom. The van der Waals surface area contributed by atoms with Crippen molar-refractivity contribution in [3.8, 4) is 5.88 Å². The van der Waals surface area contributed by atoms with Crippen molar-refractivity contribution in [2.45, 2.75) is 19.0 Å². The van der Waals surface area contributed by atoms with Gasteiger partial charge in [0.2, 0.25) is 11.8 Å². The third-order valence-electron chi connectivity index (χ3n) is 5.40. The van der Waals surface area contributed by atoms with Crippen LogP contribution in [0.5, 0.6) is 5.88 Å². The number of aliphatic imine (C=N–C) groups is 1. The quantitative estimate of drug-likeness (QED) is 0.244. The Balaban J connectivity index is 0.00000363. The Kier molecular flexibility index (Phi) is 10.3. The topological polar surface area (TPSA) is 73.3 Å². The molecular weight excluding hydrogens is 540 g/mol.